The number of benzene rings is 1. The number of anilines is 2. The van der Waals surface area contributed by atoms with Gasteiger partial charge in [-0.2, -0.15) is 4.98 Å². The molecule has 0 spiro atoms. The minimum absolute atomic E-state index is 0.0615. The van der Waals surface area contributed by atoms with Crippen LogP contribution in [0.4, 0.5) is 29.2 Å². The van der Waals surface area contributed by atoms with Crippen molar-refractivity contribution in [3.05, 3.63) is 46.1 Å². The maximum absolute atomic E-state index is 14.9. The lowest BCUT2D eigenvalue weighted by Gasteiger charge is -2.16. The first kappa shape index (κ1) is 20.8. The van der Waals surface area contributed by atoms with Gasteiger partial charge in [0.2, 0.25) is 11.9 Å². The molecule has 7 nitrogen and oxygen atoms in total. The maximum atomic E-state index is 14.9. The van der Waals surface area contributed by atoms with Crippen LogP contribution in [-0.2, 0) is 4.79 Å². The third kappa shape index (κ3) is 3.49. The van der Waals surface area contributed by atoms with Gasteiger partial charge in [-0.25, -0.2) is 22.5 Å². The third-order valence-corrected chi connectivity index (χ3v) is 5.05. The zero-order chi connectivity index (χ0) is 22.6. The number of nitrogens with two attached hydrogens (primary N) is 1. The number of rotatable bonds is 4. The summed E-state index contributed by atoms with van der Waals surface area (Å²) >= 11 is 0. The van der Waals surface area contributed by atoms with Crippen LogP contribution < -0.4 is 16.6 Å². The van der Waals surface area contributed by atoms with E-state index in [-0.39, 0.29) is 23.6 Å². The lowest BCUT2D eigenvalue weighted by Crippen LogP contribution is -2.25. The number of hydrogen-bond donors (Lipinski definition) is 2. The molecule has 0 saturated heterocycles. The molecule has 0 radical (unpaired) electrons. The lowest BCUT2D eigenvalue weighted by molar-refractivity contribution is -0.117. The van der Waals surface area contributed by atoms with Gasteiger partial charge >= 0.3 is 0 Å². The first-order valence-electron chi connectivity index (χ1n) is 9.40. The quantitative estimate of drug-likeness (QED) is 0.483. The summed E-state index contributed by atoms with van der Waals surface area (Å²) in [6, 6.07) is 1.38. The van der Waals surface area contributed by atoms with E-state index in [1.807, 2.05) is 5.32 Å². The lowest BCUT2D eigenvalue weighted by atomic mass is 10.0. The first-order valence-corrected chi connectivity index (χ1v) is 9.40. The Morgan fingerprint density at radius 3 is 2.52 bits per heavy atom. The standard InChI is InChI=1S/C20H17F4N5O2/c1-7(2)29-17-8(6-26-20(25)28-17)3-10(19(29)31)9-4-13(22)16(15(24)14(9)23)27-18(30)11-5-12(11)21/h3-4,6-7,11-12H,5H2,1-2H3,(H,27,30)(H2,25,26,28). The van der Waals surface area contributed by atoms with E-state index in [1.165, 1.54) is 16.8 Å². The van der Waals surface area contributed by atoms with E-state index in [4.69, 9.17) is 5.73 Å². The SMILES string of the molecule is CC(C)n1c(=O)c(-c2cc(F)c(NC(=O)C3CC3F)c(F)c2F)cc2cnc(N)nc21. The fraction of sp³-hybridized carbons (Fsp3) is 0.300. The van der Waals surface area contributed by atoms with Crippen LogP contribution in [0, 0.1) is 23.4 Å². The molecule has 2 aromatic heterocycles. The van der Waals surface area contributed by atoms with Crippen LogP contribution in [0.2, 0.25) is 0 Å². The molecule has 0 bridgehead atoms. The van der Waals surface area contributed by atoms with Crippen molar-refractivity contribution >= 4 is 28.6 Å². The van der Waals surface area contributed by atoms with E-state index in [2.05, 4.69) is 9.97 Å². The number of pyridine rings is 1. The second-order valence-corrected chi connectivity index (χ2v) is 7.59. The molecule has 2 unspecified atom stereocenters. The number of fused-ring (bicyclic) bond motifs is 1. The summed E-state index contributed by atoms with van der Waals surface area (Å²) in [6.07, 6.45) is -0.144. The van der Waals surface area contributed by atoms with Crippen LogP contribution in [0.15, 0.2) is 23.1 Å². The number of hydrogen-bond acceptors (Lipinski definition) is 5. The van der Waals surface area contributed by atoms with Gasteiger partial charge in [-0.3, -0.25) is 14.2 Å². The summed E-state index contributed by atoms with van der Waals surface area (Å²) in [5.74, 6) is -6.57. The number of nitrogens with zero attached hydrogens (tertiary/aromatic N) is 3. The molecule has 1 aliphatic rings. The van der Waals surface area contributed by atoms with Gasteiger partial charge in [0.15, 0.2) is 17.5 Å². The zero-order valence-electron chi connectivity index (χ0n) is 16.4. The monoisotopic (exact) mass is 435 g/mol. The Labute approximate surface area is 172 Å². The molecule has 31 heavy (non-hydrogen) atoms. The number of alkyl halides is 1. The van der Waals surface area contributed by atoms with Crippen molar-refractivity contribution in [2.45, 2.75) is 32.5 Å². The predicted octanol–water partition coefficient (Wildman–Crippen LogP) is 3.34. The summed E-state index contributed by atoms with van der Waals surface area (Å²) in [4.78, 5) is 32.7. The van der Waals surface area contributed by atoms with Gasteiger partial charge in [-0.15, -0.1) is 0 Å². The van der Waals surface area contributed by atoms with Gasteiger partial charge in [0, 0.05) is 23.2 Å². The van der Waals surface area contributed by atoms with Crippen molar-refractivity contribution in [2.24, 2.45) is 5.92 Å². The highest BCUT2D eigenvalue weighted by molar-refractivity contribution is 5.95. The normalized spacial score (nSPS) is 17.9. The van der Waals surface area contributed by atoms with Crippen LogP contribution in [-0.4, -0.2) is 26.6 Å². The van der Waals surface area contributed by atoms with Crippen LogP contribution in [0.5, 0.6) is 0 Å². The van der Waals surface area contributed by atoms with Gasteiger partial charge in [-0.05, 0) is 32.4 Å². The molecule has 1 aromatic carbocycles. The molecule has 2 atom stereocenters. The second kappa shape index (κ2) is 7.33. The summed E-state index contributed by atoms with van der Waals surface area (Å²) in [7, 11) is 0. The molecular formula is C20H17F4N5O2. The van der Waals surface area contributed by atoms with Crippen LogP contribution in [0.25, 0.3) is 22.2 Å². The second-order valence-electron chi connectivity index (χ2n) is 7.59. The molecule has 1 amide bonds. The highest BCUT2D eigenvalue weighted by atomic mass is 19.2. The van der Waals surface area contributed by atoms with Gasteiger partial charge in [0.05, 0.1) is 11.5 Å². The number of aromatic nitrogens is 3. The van der Waals surface area contributed by atoms with Crippen molar-refractivity contribution < 1.29 is 22.4 Å². The summed E-state index contributed by atoms with van der Waals surface area (Å²) in [6.45, 7) is 3.35. The Morgan fingerprint density at radius 2 is 1.90 bits per heavy atom. The van der Waals surface area contributed by atoms with Crippen molar-refractivity contribution in [1.29, 1.82) is 0 Å². The van der Waals surface area contributed by atoms with Crippen LogP contribution >= 0.6 is 0 Å². The molecule has 1 aliphatic carbocycles. The number of carbonyl (C=O) groups is 1. The van der Waals surface area contributed by atoms with Gasteiger partial charge < -0.3 is 11.1 Å². The summed E-state index contributed by atoms with van der Waals surface area (Å²) in [5.41, 5.74) is 3.04. The van der Waals surface area contributed by atoms with Gasteiger partial charge in [0.1, 0.15) is 17.5 Å². The molecule has 11 heteroatoms. The molecule has 0 aliphatic heterocycles. The van der Waals surface area contributed by atoms with Crippen molar-refractivity contribution in [3.63, 3.8) is 0 Å². The molecule has 1 saturated carbocycles. The Kier molecular flexibility index (Phi) is 4.91. The highest BCUT2D eigenvalue weighted by Crippen LogP contribution is 2.36. The Morgan fingerprint density at radius 1 is 1.23 bits per heavy atom. The van der Waals surface area contributed by atoms with Crippen molar-refractivity contribution in [3.8, 4) is 11.1 Å². The van der Waals surface area contributed by atoms with E-state index >= 15 is 0 Å². The Bertz CT molecular complexity index is 1290. The minimum Gasteiger partial charge on any atom is -0.368 e. The molecule has 1 fully saturated rings. The number of nitrogens with one attached hydrogen (secondary N) is 1. The first-order chi connectivity index (χ1) is 14.6. The van der Waals surface area contributed by atoms with Crippen molar-refractivity contribution in [2.75, 3.05) is 11.1 Å². The largest absolute Gasteiger partial charge is 0.368 e. The van der Waals surface area contributed by atoms with E-state index in [1.54, 1.807) is 13.8 Å². The van der Waals surface area contributed by atoms with Crippen molar-refractivity contribution in [1.82, 2.24) is 14.5 Å². The molecule has 3 aromatic rings. The summed E-state index contributed by atoms with van der Waals surface area (Å²) < 4.78 is 58.4. The molecular weight excluding hydrogens is 418 g/mol. The van der Waals surface area contributed by atoms with E-state index in [9.17, 15) is 27.2 Å². The van der Waals surface area contributed by atoms with Gasteiger partial charge in [-0.1, -0.05) is 0 Å². The smallest absolute Gasteiger partial charge is 0.260 e. The predicted molar refractivity (Wildman–Crippen MR) is 106 cm³/mol. The number of halogens is 4. The fourth-order valence-corrected chi connectivity index (χ4v) is 3.36. The molecule has 4 rings (SSSR count). The maximum Gasteiger partial charge on any atom is 0.260 e. The minimum atomic E-state index is -1.69. The molecule has 3 N–H and O–H groups in total. The van der Waals surface area contributed by atoms with Gasteiger partial charge in [0.25, 0.3) is 5.56 Å². The summed E-state index contributed by atoms with van der Waals surface area (Å²) in [5, 5.41) is 2.19. The average molecular weight is 435 g/mol. The highest BCUT2D eigenvalue weighted by Gasteiger charge is 2.44. The number of amides is 1. The Balaban J connectivity index is 1.88. The van der Waals surface area contributed by atoms with Crippen LogP contribution in [0.3, 0.4) is 0 Å². The third-order valence-electron chi connectivity index (χ3n) is 5.05. The number of nitrogen functional groups attached to an aromatic ring is 1. The Hall–Kier alpha value is -3.50. The van der Waals surface area contributed by atoms with E-state index in [0.717, 1.165) is 0 Å². The topological polar surface area (TPSA) is 103 Å². The van der Waals surface area contributed by atoms with E-state index < -0.39 is 58.3 Å². The zero-order valence-corrected chi connectivity index (χ0v) is 16.4. The average Bonchev–Trinajstić information content (AvgIpc) is 3.44. The van der Waals surface area contributed by atoms with E-state index in [0.29, 0.717) is 11.5 Å². The molecule has 2 heterocycles. The molecule has 162 valence electrons. The number of carbonyl (C=O) groups excluding carboxylic acids is 1. The van der Waals surface area contributed by atoms with Crippen LogP contribution in [0.1, 0.15) is 26.3 Å². The fourth-order valence-electron chi connectivity index (χ4n) is 3.36.